The number of carbonyl (C=O) groups is 2. The Labute approximate surface area is 248 Å². The van der Waals surface area contributed by atoms with Gasteiger partial charge in [-0.1, -0.05) is 68.2 Å². The lowest BCUT2D eigenvalue weighted by atomic mass is 9.58. The molecule has 4 N–H and O–H groups in total. The minimum absolute atomic E-state index is 0.207. The first-order valence-electron chi connectivity index (χ1n) is 15.1. The monoisotopic (exact) mass is 571 g/mol. The second-order valence-electron chi connectivity index (χ2n) is 11.7. The maximum atomic E-state index is 14.0. The molecule has 2 saturated heterocycles. The van der Waals surface area contributed by atoms with Crippen LogP contribution >= 0.6 is 0 Å². The van der Waals surface area contributed by atoms with Crippen LogP contribution in [0.15, 0.2) is 65.3 Å². The predicted octanol–water partition coefficient (Wildman–Crippen LogP) is 3.84. The van der Waals surface area contributed by atoms with Gasteiger partial charge in [-0.25, -0.2) is 0 Å². The number of hydrogen-bond acceptors (Lipinski definition) is 7. The van der Waals surface area contributed by atoms with E-state index in [0.29, 0.717) is 18.5 Å². The minimum Gasteiger partial charge on any atom is -0.508 e. The lowest BCUT2D eigenvalue weighted by Gasteiger charge is -2.43. The van der Waals surface area contributed by atoms with Gasteiger partial charge in [-0.2, -0.15) is 0 Å². The van der Waals surface area contributed by atoms with Crippen LogP contribution in [0.4, 0.5) is 5.69 Å². The molecule has 0 spiro atoms. The summed E-state index contributed by atoms with van der Waals surface area (Å²) in [6.07, 6.45) is 7.52. The Balaban J connectivity index is 1.44. The third kappa shape index (κ3) is 6.13. The lowest BCUT2D eigenvalue weighted by molar-refractivity contribution is -0.122. The minimum atomic E-state index is -1.71. The number of amides is 2. The number of phenols is 1. The highest BCUT2D eigenvalue weighted by Gasteiger charge is 2.57. The van der Waals surface area contributed by atoms with Crippen LogP contribution in [-0.4, -0.2) is 52.3 Å². The molecule has 2 amide bonds. The number of carbonyl (C=O) groups excluding carboxylic acids is 2. The van der Waals surface area contributed by atoms with Crippen molar-refractivity contribution in [3.63, 3.8) is 0 Å². The molecule has 0 saturated carbocycles. The second-order valence-corrected chi connectivity index (χ2v) is 11.7. The van der Waals surface area contributed by atoms with E-state index in [1.807, 2.05) is 12.1 Å². The zero-order valence-electron chi connectivity index (χ0n) is 24.3. The fourth-order valence-electron chi connectivity index (χ4n) is 7.09. The van der Waals surface area contributed by atoms with Crippen molar-refractivity contribution in [3.05, 3.63) is 70.8 Å². The number of hydrogen-bond donors (Lipinski definition) is 4. The maximum Gasteiger partial charge on any atom is 0.488 e. The molecule has 0 unspecified atom stereocenters. The van der Waals surface area contributed by atoms with Gasteiger partial charge in [0.2, 0.25) is 11.8 Å². The Kier molecular flexibility index (Phi) is 9.38. The van der Waals surface area contributed by atoms with E-state index >= 15 is 0 Å². The van der Waals surface area contributed by atoms with Gasteiger partial charge in [0.05, 0.1) is 23.6 Å². The summed E-state index contributed by atoms with van der Waals surface area (Å²) in [6.45, 7) is 4.23. The number of phenolic OH excluding ortho intramolecular Hbond substituents is 1. The Morgan fingerprint density at radius 1 is 1.05 bits per heavy atom. The Morgan fingerprint density at radius 2 is 1.81 bits per heavy atom. The highest BCUT2D eigenvalue weighted by atomic mass is 16.5. The van der Waals surface area contributed by atoms with Crippen molar-refractivity contribution < 1.29 is 34.4 Å². The van der Waals surface area contributed by atoms with Gasteiger partial charge in [-0.15, -0.1) is 0 Å². The quantitative estimate of drug-likeness (QED) is 0.194. The van der Waals surface area contributed by atoms with Gasteiger partial charge in [0.25, 0.3) is 0 Å². The summed E-state index contributed by atoms with van der Waals surface area (Å²) in [4.78, 5) is 28.9. The van der Waals surface area contributed by atoms with Crippen LogP contribution in [0.3, 0.4) is 0 Å². The molecule has 1 aliphatic carbocycles. The van der Waals surface area contributed by atoms with E-state index in [0.717, 1.165) is 48.8 Å². The van der Waals surface area contributed by atoms with Crippen molar-refractivity contribution in [3.8, 4) is 5.75 Å². The zero-order valence-corrected chi connectivity index (χ0v) is 24.3. The highest BCUT2D eigenvalue weighted by molar-refractivity contribution is 6.58. The Bertz CT molecular complexity index is 1370. The molecule has 2 aromatic rings. The molecule has 2 aromatic carbocycles. The van der Waals surface area contributed by atoms with Crippen LogP contribution < -0.4 is 10.4 Å². The standard InChI is InChI=1S/C32H39B2NO7/c1-3-6-20(16-21-10-13-25(36)14-11-21)12-15-28-29-22(7-4-2)17-26-30(27(29)19-33(39)42-28)32(38)35(31(26)37)24-9-5-8-23(18-24)34(40)41/h5,8-11,13-14,16,18,26-28,30,36,39-41H,3-4,6-7,12,15,17,19H2,1-2H3/b20-16+/t26-,27+,28-,30-/m1/s1. The summed E-state index contributed by atoms with van der Waals surface area (Å²) in [5.74, 6) is -1.78. The second kappa shape index (κ2) is 13.0. The molecule has 220 valence electrons. The average Bonchev–Trinajstić information content (AvgIpc) is 3.22. The fourth-order valence-corrected chi connectivity index (χ4v) is 7.09. The molecule has 5 rings (SSSR count). The van der Waals surface area contributed by atoms with Crippen molar-refractivity contribution in [2.24, 2.45) is 17.8 Å². The topological polar surface area (TPSA) is 128 Å². The smallest absolute Gasteiger partial charge is 0.488 e. The van der Waals surface area contributed by atoms with E-state index in [1.165, 1.54) is 22.6 Å². The van der Waals surface area contributed by atoms with Gasteiger partial charge in [-0.3, -0.25) is 14.5 Å². The van der Waals surface area contributed by atoms with Gasteiger partial charge < -0.3 is 24.8 Å². The van der Waals surface area contributed by atoms with E-state index in [4.69, 9.17) is 4.65 Å². The molecule has 3 aliphatic rings. The van der Waals surface area contributed by atoms with E-state index in [2.05, 4.69) is 19.9 Å². The van der Waals surface area contributed by atoms with Crippen LogP contribution in [0.1, 0.15) is 64.4 Å². The van der Waals surface area contributed by atoms with E-state index in [9.17, 15) is 29.8 Å². The first kappa shape index (κ1) is 30.3. The third-order valence-electron chi connectivity index (χ3n) is 8.85. The first-order valence-corrected chi connectivity index (χ1v) is 15.1. The SMILES string of the molecule is CCCC1=C2[C@@H](CC/C(=C/c3ccc(O)cc3)CCC)OB(O)C[C@@H]2[C@@H]2C(=O)N(c3cccc(B(O)O)c3)C(=O)[C@@H]2C1. The maximum absolute atomic E-state index is 14.0. The van der Waals surface area contributed by atoms with Crippen LogP contribution in [-0.2, 0) is 14.2 Å². The van der Waals surface area contributed by atoms with Crippen LogP contribution in [0.2, 0.25) is 6.32 Å². The number of allylic oxidation sites excluding steroid dienone is 2. The predicted molar refractivity (Wildman–Crippen MR) is 164 cm³/mol. The molecule has 10 heteroatoms. The molecule has 0 bridgehead atoms. The molecular weight excluding hydrogens is 532 g/mol. The van der Waals surface area contributed by atoms with Crippen LogP contribution in [0, 0.1) is 17.8 Å². The molecule has 42 heavy (non-hydrogen) atoms. The van der Waals surface area contributed by atoms with Gasteiger partial charge in [0, 0.05) is 0 Å². The first-order chi connectivity index (χ1) is 20.2. The van der Waals surface area contributed by atoms with Crippen molar-refractivity contribution in [2.45, 2.75) is 71.2 Å². The van der Waals surface area contributed by atoms with Crippen LogP contribution in [0.25, 0.3) is 6.08 Å². The lowest BCUT2D eigenvalue weighted by Crippen LogP contribution is -2.46. The molecule has 8 nitrogen and oxygen atoms in total. The summed E-state index contributed by atoms with van der Waals surface area (Å²) < 4.78 is 6.16. The number of benzene rings is 2. The molecule has 2 fully saturated rings. The van der Waals surface area contributed by atoms with E-state index in [1.54, 1.807) is 24.3 Å². The van der Waals surface area contributed by atoms with Gasteiger partial charge in [0.15, 0.2) is 0 Å². The van der Waals surface area contributed by atoms with Crippen molar-refractivity contribution >= 4 is 43.3 Å². The molecule has 4 atom stereocenters. The van der Waals surface area contributed by atoms with Crippen LogP contribution in [0.5, 0.6) is 5.75 Å². The summed E-state index contributed by atoms with van der Waals surface area (Å²) in [5, 5.41) is 39.8. The Morgan fingerprint density at radius 3 is 2.50 bits per heavy atom. The molecular formula is C32H39B2NO7. The summed E-state index contributed by atoms with van der Waals surface area (Å²) in [5.41, 5.74) is 5.03. The molecule has 2 aliphatic heterocycles. The molecule has 2 heterocycles. The van der Waals surface area contributed by atoms with Crippen molar-refractivity contribution in [1.29, 1.82) is 0 Å². The number of fused-ring (bicyclic) bond motifs is 3. The van der Waals surface area contributed by atoms with Crippen molar-refractivity contribution in [1.82, 2.24) is 0 Å². The fraction of sp³-hybridized carbons (Fsp3) is 0.438. The average molecular weight is 571 g/mol. The van der Waals surface area contributed by atoms with Gasteiger partial charge in [0.1, 0.15) is 5.75 Å². The highest BCUT2D eigenvalue weighted by Crippen LogP contribution is 2.52. The normalized spacial score (nSPS) is 24.3. The zero-order chi connectivity index (χ0) is 30.0. The van der Waals surface area contributed by atoms with Gasteiger partial charge in [-0.05, 0) is 85.2 Å². The summed E-state index contributed by atoms with van der Waals surface area (Å²) in [6, 6.07) is 13.4. The van der Waals surface area contributed by atoms with E-state index < -0.39 is 26.1 Å². The van der Waals surface area contributed by atoms with E-state index in [-0.39, 0.29) is 41.4 Å². The molecule has 0 aromatic heterocycles. The molecule has 0 radical (unpaired) electrons. The third-order valence-corrected chi connectivity index (χ3v) is 8.85. The number of aromatic hydroxyl groups is 1. The van der Waals surface area contributed by atoms with Crippen molar-refractivity contribution in [2.75, 3.05) is 4.90 Å². The summed E-state index contributed by atoms with van der Waals surface area (Å²) >= 11 is 0. The number of rotatable bonds is 10. The Hall–Kier alpha value is -3.17. The number of nitrogens with zero attached hydrogens (tertiary/aromatic N) is 1. The number of anilines is 1. The number of imide groups is 1. The van der Waals surface area contributed by atoms with Gasteiger partial charge >= 0.3 is 14.2 Å². The summed E-state index contributed by atoms with van der Waals surface area (Å²) in [7, 11) is -2.75. The largest absolute Gasteiger partial charge is 0.508 e.